The molecule has 0 bridgehead atoms. The van der Waals surface area contributed by atoms with Crippen LogP contribution in [0.4, 0.5) is 0 Å². The van der Waals surface area contributed by atoms with Crippen LogP contribution in [0.2, 0.25) is 0 Å². The summed E-state index contributed by atoms with van der Waals surface area (Å²) in [4.78, 5) is 10.8. The van der Waals surface area contributed by atoms with Crippen LogP contribution >= 0.6 is 0 Å². The molecule has 0 saturated carbocycles. The van der Waals surface area contributed by atoms with Crippen molar-refractivity contribution in [1.29, 1.82) is 0 Å². The van der Waals surface area contributed by atoms with Gasteiger partial charge in [-0.2, -0.15) is 0 Å². The molecule has 18 heavy (non-hydrogen) atoms. The number of esters is 1. The lowest BCUT2D eigenvalue weighted by Crippen LogP contribution is -2.09. The molecule has 0 amide bonds. The fourth-order valence-corrected chi connectivity index (χ4v) is 1.86. The predicted octanol–water partition coefficient (Wildman–Crippen LogP) is 2.68. The van der Waals surface area contributed by atoms with Crippen molar-refractivity contribution >= 4 is 5.97 Å². The van der Waals surface area contributed by atoms with Gasteiger partial charge in [0.05, 0.1) is 20.8 Å². The molecular weight excluding hydrogens is 232 g/mol. The van der Waals surface area contributed by atoms with E-state index in [2.05, 4.69) is 0 Å². The second-order valence-corrected chi connectivity index (χ2v) is 4.24. The van der Waals surface area contributed by atoms with Crippen LogP contribution in [0.3, 0.4) is 0 Å². The maximum Gasteiger partial charge on any atom is 0.302 e. The van der Waals surface area contributed by atoms with Gasteiger partial charge in [0, 0.05) is 18.4 Å². The molecule has 0 spiro atoms. The topological polar surface area (TPSA) is 44.8 Å². The standard InChI is InChI=1S/C14H20O4/c1-9-6-7-12(10(2)8-18-11(3)15)14(17-5)13(9)16-4/h6-7,10H,8H2,1-5H3/t10-/m1/s1. The summed E-state index contributed by atoms with van der Waals surface area (Å²) in [6.07, 6.45) is 0. The van der Waals surface area contributed by atoms with Crippen molar-refractivity contribution in [2.75, 3.05) is 20.8 Å². The van der Waals surface area contributed by atoms with E-state index >= 15 is 0 Å². The van der Waals surface area contributed by atoms with Crippen molar-refractivity contribution in [3.05, 3.63) is 23.3 Å². The zero-order valence-electron chi connectivity index (χ0n) is 11.6. The SMILES string of the molecule is COc1c(C)ccc([C@H](C)COC(C)=O)c1OC. The Bertz CT molecular complexity index is 426. The molecule has 4 heteroatoms. The summed E-state index contributed by atoms with van der Waals surface area (Å²) >= 11 is 0. The second kappa shape index (κ2) is 6.28. The summed E-state index contributed by atoms with van der Waals surface area (Å²) in [7, 11) is 3.23. The minimum Gasteiger partial charge on any atom is -0.493 e. The number of benzene rings is 1. The average molecular weight is 252 g/mol. The van der Waals surface area contributed by atoms with Gasteiger partial charge in [-0.1, -0.05) is 19.1 Å². The molecule has 0 fully saturated rings. The van der Waals surface area contributed by atoms with Gasteiger partial charge in [-0.05, 0) is 12.5 Å². The van der Waals surface area contributed by atoms with Gasteiger partial charge < -0.3 is 14.2 Å². The van der Waals surface area contributed by atoms with Crippen molar-refractivity contribution in [2.45, 2.75) is 26.7 Å². The zero-order chi connectivity index (χ0) is 13.7. The van der Waals surface area contributed by atoms with Crippen LogP contribution in [0.25, 0.3) is 0 Å². The second-order valence-electron chi connectivity index (χ2n) is 4.24. The average Bonchev–Trinajstić information content (AvgIpc) is 2.35. The van der Waals surface area contributed by atoms with E-state index in [1.54, 1.807) is 14.2 Å². The fraction of sp³-hybridized carbons (Fsp3) is 0.500. The van der Waals surface area contributed by atoms with Crippen LogP contribution in [-0.2, 0) is 9.53 Å². The van der Waals surface area contributed by atoms with E-state index < -0.39 is 0 Å². The third kappa shape index (κ3) is 3.15. The van der Waals surface area contributed by atoms with Gasteiger partial charge in [0.25, 0.3) is 0 Å². The van der Waals surface area contributed by atoms with E-state index in [1.165, 1.54) is 6.92 Å². The highest BCUT2D eigenvalue weighted by Gasteiger charge is 2.18. The summed E-state index contributed by atoms with van der Waals surface area (Å²) in [6, 6.07) is 3.95. The highest BCUT2D eigenvalue weighted by atomic mass is 16.5. The molecule has 0 saturated heterocycles. The highest BCUT2D eigenvalue weighted by molar-refractivity contribution is 5.66. The fourth-order valence-electron chi connectivity index (χ4n) is 1.86. The first-order chi connectivity index (χ1) is 8.51. The molecule has 1 atom stereocenters. The maximum absolute atomic E-state index is 10.8. The number of methoxy groups -OCH3 is 2. The lowest BCUT2D eigenvalue weighted by atomic mass is 9.98. The molecular formula is C14H20O4. The van der Waals surface area contributed by atoms with Gasteiger partial charge in [-0.25, -0.2) is 0 Å². The van der Waals surface area contributed by atoms with Gasteiger partial charge in [0.1, 0.15) is 0 Å². The van der Waals surface area contributed by atoms with Crippen molar-refractivity contribution in [3.63, 3.8) is 0 Å². The van der Waals surface area contributed by atoms with E-state index in [4.69, 9.17) is 14.2 Å². The largest absolute Gasteiger partial charge is 0.493 e. The molecule has 0 aliphatic carbocycles. The molecule has 1 rings (SSSR count). The van der Waals surface area contributed by atoms with Crippen molar-refractivity contribution in [2.24, 2.45) is 0 Å². The normalized spacial score (nSPS) is 11.8. The summed E-state index contributed by atoms with van der Waals surface area (Å²) < 4.78 is 15.8. The smallest absolute Gasteiger partial charge is 0.302 e. The quantitative estimate of drug-likeness (QED) is 0.756. The molecule has 0 aromatic heterocycles. The molecule has 0 aliphatic heterocycles. The lowest BCUT2D eigenvalue weighted by molar-refractivity contribution is -0.141. The molecule has 0 unspecified atom stereocenters. The van der Waals surface area contributed by atoms with Gasteiger partial charge in [-0.3, -0.25) is 4.79 Å². The van der Waals surface area contributed by atoms with E-state index in [0.717, 1.165) is 16.9 Å². The minimum atomic E-state index is -0.278. The van der Waals surface area contributed by atoms with Crippen LogP contribution < -0.4 is 9.47 Å². The van der Waals surface area contributed by atoms with E-state index in [-0.39, 0.29) is 11.9 Å². The first-order valence-electron chi connectivity index (χ1n) is 5.86. The molecule has 4 nitrogen and oxygen atoms in total. The van der Waals surface area contributed by atoms with Gasteiger partial charge in [-0.15, -0.1) is 0 Å². The first-order valence-corrected chi connectivity index (χ1v) is 5.86. The number of rotatable bonds is 5. The van der Waals surface area contributed by atoms with Gasteiger partial charge in [0.15, 0.2) is 11.5 Å². The number of hydrogen-bond acceptors (Lipinski definition) is 4. The van der Waals surface area contributed by atoms with Gasteiger partial charge >= 0.3 is 5.97 Å². The van der Waals surface area contributed by atoms with E-state index in [0.29, 0.717) is 12.4 Å². The lowest BCUT2D eigenvalue weighted by Gasteiger charge is -2.19. The minimum absolute atomic E-state index is 0.0540. The number of carbonyl (C=O) groups excluding carboxylic acids is 1. The third-order valence-electron chi connectivity index (χ3n) is 2.82. The molecule has 0 aliphatic rings. The maximum atomic E-state index is 10.8. The Morgan fingerprint density at radius 3 is 2.33 bits per heavy atom. The van der Waals surface area contributed by atoms with E-state index in [9.17, 15) is 4.79 Å². The highest BCUT2D eigenvalue weighted by Crippen LogP contribution is 2.38. The Morgan fingerprint density at radius 1 is 1.22 bits per heavy atom. The van der Waals surface area contributed by atoms with Crippen LogP contribution in [0.5, 0.6) is 11.5 Å². The van der Waals surface area contributed by atoms with Crippen molar-refractivity contribution in [3.8, 4) is 11.5 Å². The summed E-state index contributed by atoms with van der Waals surface area (Å²) in [5, 5.41) is 0. The van der Waals surface area contributed by atoms with Crippen LogP contribution in [0.1, 0.15) is 30.9 Å². The molecule has 0 heterocycles. The van der Waals surface area contributed by atoms with Crippen LogP contribution in [0, 0.1) is 6.92 Å². The Labute approximate surface area is 108 Å². The number of hydrogen-bond donors (Lipinski definition) is 0. The summed E-state index contributed by atoms with van der Waals surface area (Å²) in [5.74, 6) is 1.21. The van der Waals surface area contributed by atoms with Crippen molar-refractivity contribution in [1.82, 2.24) is 0 Å². The molecule has 0 N–H and O–H groups in total. The number of ether oxygens (including phenoxy) is 3. The Kier molecular flexibility index (Phi) is 5.01. The number of aryl methyl sites for hydroxylation is 1. The van der Waals surface area contributed by atoms with Crippen molar-refractivity contribution < 1.29 is 19.0 Å². The van der Waals surface area contributed by atoms with Crippen LogP contribution in [0.15, 0.2) is 12.1 Å². The zero-order valence-corrected chi connectivity index (χ0v) is 11.6. The first kappa shape index (κ1) is 14.4. The third-order valence-corrected chi connectivity index (χ3v) is 2.82. The molecule has 0 radical (unpaired) electrons. The Morgan fingerprint density at radius 2 is 1.83 bits per heavy atom. The Balaban J connectivity index is 3.04. The Hall–Kier alpha value is -1.71. The van der Waals surface area contributed by atoms with Crippen LogP contribution in [-0.4, -0.2) is 26.8 Å². The van der Waals surface area contributed by atoms with Gasteiger partial charge in [0.2, 0.25) is 0 Å². The molecule has 1 aromatic rings. The molecule has 1 aromatic carbocycles. The monoisotopic (exact) mass is 252 g/mol. The summed E-state index contributed by atoms with van der Waals surface area (Å²) in [6.45, 7) is 5.68. The molecule has 100 valence electrons. The predicted molar refractivity (Wildman–Crippen MR) is 69.3 cm³/mol. The van der Waals surface area contributed by atoms with E-state index in [1.807, 2.05) is 26.0 Å². The number of carbonyl (C=O) groups is 1. The summed E-state index contributed by atoms with van der Waals surface area (Å²) in [5.41, 5.74) is 1.99.